The van der Waals surface area contributed by atoms with Crippen molar-refractivity contribution in [3.8, 4) is 34.0 Å². The summed E-state index contributed by atoms with van der Waals surface area (Å²) in [5.74, 6) is 4.10. The highest BCUT2D eigenvalue weighted by Gasteiger charge is 2.34. The third kappa shape index (κ3) is 20.8. The lowest BCUT2D eigenvalue weighted by Crippen LogP contribution is -2.29. The Morgan fingerprint density at radius 1 is 0.449 bits per heavy atom. The molecule has 4 fully saturated rings. The summed E-state index contributed by atoms with van der Waals surface area (Å²) in [5.41, 5.74) is 21.9. The van der Waals surface area contributed by atoms with Crippen molar-refractivity contribution in [2.75, 3.05) is 70.3 Å². The molecule has 0 spiro atoms. The molecule has 0 bridgehead atoms. The minimum Gasteiger partial charge on any atom is -0.480 e. The van der Waals surface area contributed by atoms with Crippen molar-refractivity contribution in [2.45, 2.75) is 256 Å². The maximum absolute atomic E-state index is 13.8. The van der Waals surface area contributed by atoms with Gasteiger partial charge in [0.05, 0.1) is 68.2 Å². The number of carbonyl (C=O) groups is 5. The van der Waals surface area contributed by atoms with E-state index in [1.165, 1.54) is 103 Å². The Balaban J connectivity index is 0.000000140. The highest BCUT2D eigenvalue weighted by molar-refractivity contribution is 6.12. The largest absolute Gasteiger partial charge is 0.480 e. The fourth-order valence-electron chi connectivity index (χ4n) is 21.8. The number of anilines is 2. The number of piperidine rings is 2. The second-order valence-electron chi connectivity index (χ2n) is 39.2. The number of Topliss-reactive ketones (excluding diaryl/α,β-unsaturated/α-hetero) is 1. The van der Waals surface area contributed by atoms with Gasteiger partial charge in [0.25, 0.3) is 29.2 Å². The van der Waals surface area contributed by atoms with E-state index in [1.807, 2.05) is 96.5 Å². The molecule has 18 rings (SSSR count). The average molecular weight is 1870 g/mol. The van der Waals surface area contributed by atoms with E-state index in [2.05, 4.69) is 213 Å². The van der Waals surface area contributed by atoms with Gasteiger partial charge >= 0.3 is 0 Å². The molecule has 5 aliphatic rings. The van der Waals surface area contributed by atoms with Crippen molar-refractivity contribution in [2.24, 2.45) is 33.0 Å². The summed E-state index contributed by atoms with van der Waals surface area (Å²) in [6, 6.07) is 34.7. The van der Waals surface area contributed by atoms with E-state index >= 15 is 0 Å². The number of aromatic nitrogens is 12. The molecule has 27 nitrogen and oxygen atoms in total. The fraction of sp³-hybridized carbons (Fsp3) is 0.477. The number of ether oxygens (including phenoxy) is 2. The predicted molar refractivity (Wildman–Crippen MR) is 554 cm³/mol. The van der Waals surface area contributed by atoms with Crippen LogP contribution in [0.2, 0.25) is 0 Å². The van der Waals surface area contributed by atoms with Crippen LogP contribution in [0.3, 0.4) is 0 Å². The van der Waals surface area contributed by atoms with Gasteiger partial charge in [-0.3, -0.25) is 47.9 Å². The van der Waals surface area contributed by atoms with Crippen LogP contribution in [0, 0.1) is 60.3 Å². The van der Waals surface area contributed by atoms with Gasteiger partial charge in [-0.1, -0.05) is 88.8 Å². The van der Waals surface area contributed by atoms with Crippen LogP contribution in [-0.4, -0.2) is 152 Å². The number of likely N-dealkylation sites (N-methyl/N-ethyl adjacent to an activating group) is 1. The molecule has 2 saturated carbocycles. The van der Waals surface area contributed by atoms with E-state index in [0.29, 0.717) is 89.7 Å². The van der Waals surface area contributed by atoms with Crippen molar-refractivity contribution in [1.82, 2.24) is 83.7 Å². The molecule has 13 aromatic rings. The fourth-order valence-corrected chi connectivity index (χ4v) is 21.8. The van der Waals surface area contributed by atoms with Crippen LogP contribution < -0.4 is 46.1 Å². The number of aryl methyl sites for hydroxylation is 5. The molecule has 27 heteroatoms. The van der Waals surface area contributed by atoms with Crippen LogP contribution in [-0.2, 0) is 45.6 Å². The number of hydrogen-bond donors (Lipinski definition) is 5. The Morgan fingerprint density at radius 2 is 0.841 bits per heavy atom. The van der Waals surface area contributed by atoms with Crippen LogP contribution in [0.25, 0.3) is 65.9 Å². The maximum atomic E-state index is 13.8. The zero-order valence-corrected chi connectivity index (χ0v) is 85.1. The molecule has 2 saturated heterocycles. The minimum atomic E-state index is -0.192. The average Bonchev–Trinajstić information content (AvgIpc) is 1.62. The number of allylic oxidation sites excluding steroid dienone is 1. The summed E-state index contributed by atoms with van der Waals surface area (Å²) in [6.45, 7) is 35.3. The number of pyridine rings is 2. The van der Waals surface area contributed by atoms with Crippen LogP contribution in [0.1, 0.15) is 286 Å². The van der Waals surface area contributed by atoms with Gasteiger partial charge in [0.1, 0.15) is 11.6 Å². The summed E-state index contributed by atoms with van der Waals surface area (Å²) in [4.78, 5) is 94.9. The zero-order valence-electron chi connectivity index (χ0n) is 85.1. The lowest BCUT2D eigenvalue weighted by Gasteiger charge is -2.30. The number of nitrogens with one attached hydrogen (secondary N) is 5. The maximum Gasteiger partial charge on any atom is 0.269 e. The normalized spacial score (nSPS) is 15.9. The standard InChI is InChI=1S/C31H40N6O2.C30H38N6O2.C25H34N4O2.C25H33N3O2/c1-7-21(3)37-19-20(2)29-25(30(38)33-18-26-22(4)35(5)34-31(26)39-6)15-24(16-27(29)37)23-11-12-28(32-17-23)36-13-9-8-10-14-36;1-6-20(3)36-18-19(2)28-24(29(37)32-17-25-21(4)34(5)33-30(25)38)14-23(15-26(28)36)22-10-11-27(31-16-22)35-12-8-7-9-13-35;1-16(19-11-7-6-8-12-19)29-18(3)23(20-13-9-10-14-22(20)29)24(30)26-15-21-17(2)28(4)27-25(21)31-5;1-16(19-10-6-5-7-11-19)28-18(3)24(20-12-8-9-13-22(20)28)25(30)26-14-21-17(2)27(4)15-23(21)29/h11-12,15-17,19,21H,7-10,13-14,18H2,1-6H3,(H,33,38);10-11,14-16,18,20H,6-9,12-13,17H2,1-5H3,(H,32,37)(H,33,38);9-10,13-14,16,19H,6-8,11-12,15H2,1-5H3,(H,26,30);8-9,12-13,16,19H,5-7,10-11,14-15H2,1-4H3,(H,26,30). The molecule has 3 aliphatic heterocycles. The van der Waals surface area contributed by atoms with Crippen LogP contribution in [0.15, 0.2) is 138 Å². The van der Waals surface area contributed by atoms with Gasteiger partial charge < -0.3 is 63.7 Å². The molecule has 2 aliphatic carbocycles. The summed E-state index contributed by atoms with van der Waals surface area (Å²) in [7, 11) is 10.7. The van der Waals surface area contributed by atoms with Gasteiger partial charge in [0, 0.05) is 215 Å². The number of nitrogens with zero attached hydrogens (tertiary/aromatic N) is 14. The van der Waals surface area contributed by atoms with E-state index in [1.54, 1.807) is 35.3 Å². The lowest BCUT2D eigenvalue weighted by atomic mass is 9.84. The van der Waals surface area contributed by atoms with E-state index in [-0.39, 0.29) is 48.1 Å². The Hall–Kier alpha value is -12.9. The smallest absolute Gasteiger partial charge is 0.269 e. The molecule has 0 radical (unpaired) electrons. The van der Waals surface area contributed by atoms with Gasteiger partial charge in [-0.2, -0.15) is 0 Å². The number of fused-ring (bicyclic) bond motifs is 4. The molecular formula is C111H145N19O8. The Bertz CT molecular complexity index is 6680. The number of para-hydroxylation sites is 2. The van der Waals surface area contributed by atoms with E-state index in [4.69, 9.17) is 19.4 Å². The van der Waals surface area contributed by atoms with Crippen molar-refractivity contribution >= 4 is 84.7 Å². The van der Waals surface area contributed by atoms with E-state index in [0.717, 1.165) is 184 Å². The molecule has 138 heavy (non-hydrogen) atoms. The molecule has 4 aromatic carbocycles. The van der Waals surface area contributed by atoms with Crippen LogP contribution in [0.5, 0.6) is 11.8 Å². The lowest BCUT2D eigenvalue weighted by molar-refractivity contribution is -0.114. The first-order valence-electron chi connectivity index (χ1n) is 50.3. The molecule has 5 N–H and O–H groups in total. The zero-order chi connectivity index (χ0) is 98.2. The molecule has 12 heterocycles. The molecule has 9 aromatic heterocycles. The molecular weight excluding hydrogens is 1730 g/mol. The van der Waals surface area contributed by atoms with E-state index in [9.17, 15) is 28.8 Å². The van der Waals surface area contributed by atoms with Crippen molar-refractivity contribution in [3.63, 3.8) is 0 Å². The minimum absolute atomic E-state index is 0.0476. The Kier molecular flexibility index (Phi) is 31.6. The van der Waals surface area contributed by atoms with Crippen molar-refractivity contribution < 1.29 is 33.4 Å². The third-order valence-electron chi connectivity index (χ3n) is 30.8. The Labute approximate surface area is 812 Å². The van der Waals surface area contributed by atoms with Gasteiger partial charge in [0.15, 0.2) is 5.78 Å². The van der Waals surface area contributed by atoms with Gasteiger partial charge in [-0.25, -0.2) is 9.97 Å². The van der Waals surface area contributed by atoms with Crippen LogP contribution >= 0.6 is 0 Å². The van der Waals surface area contributed by atoms with E-state index < -0.39 is 0 Å². The summed E-state index contributed by atoms with van der Waals surface area (Å²) >= 11 is 0. The highest BCUT2D eigenvalue weighted by Crippen LogP contribution is 2.43. The summed E-state index contributed by atoms with van der Waals surface area (Å²) < 4.78 is 25.4. The number of hydrogen-bond acceptors (Lipinski definition) is 15. The topological polar surface area (TPSA) is 281 Å². The van der Waals surface area contributed by atoms with Gasteiger partial charge in [-0.15, -0.1) is 10.2 Å². The first kappa shape index (κ1) is 99.5. The predicted octanol–water partition coefficient (Wildman–Crippen LogP) is 20.9. The highest BCUT2D eigenvalue weighted by atomic mass is 16.5. The third-order valence-corrected chi connectivity index (χ3v) is 30.8. The quantitative estimate of drug-likeness (QED) is 0.0337. The molecule has 732 valence electrons. The number of ketones is 1. The second-order valence-corrected chi connectivity index (χ2v) is 39.2. The number of amides is 4. The number of benzene rings is 4. The second kappa shape index (κ2) is 43.8. The number of aromatic amines is 1. The van der Waals surface area contributed by atoms with Crippen LogP contribution in [0.4, 0.5) is 11.6 Å². The number of methoxy groups -OCH3 is 2. The van der Waals surface area contributed by atoms with Gasteiger partial charge in [0.2, 0.25) is 11.8 Å². The monoisotopic (exact) mass is 1870 g/mol. The molecule has 4 atom stereocenters. The summed E-state index contributed by atoms with van der Waals surface area (Å²) in [5, 5.41) is 27.8. The molecule has 4 unspecified atom stereocenters. The molecule has 4 amide bonds. The van der Waals surface area contributed by atoms with Crippen molar-refractivity contribution in [3.05, 3.63) is 222 Å². The SMILES string of the molecule is CC1=C(CNC(=O)c2c(C)n(C(C)C3CCCCC3)c3ccccc23)C(=O)CN1C.CCC(C)n1cc(C)c2c(C(=O)NCc3c(C)n(C)[nH]c3=O)cc(-c3ccc(N4CCCCC4)nc3)cc21.CCC(C)n1cc(C)c2c(C(=O)NCc3c(OC)nn(C)c3C)cc(-c3ccc(N4CCCCC4)nc3)cc21.COc1nn(C)c(C)c1CNC(=O)c1c(C)n(C(C)C2CCCCC2)c2ccccc12. The first-order chi connectivity index (χ1) is 66.4. The number of carbonyl (C=O) groups excluding carboxylic acids is 5. The number of rotatable bonds is 26. The Morgan fingerprint density at radius 3 is 1.21 bits per heavy atom. The summed E-state index contributed by atoms with van der Waals surface area (Å²) in [6.07, 6.45) is 30.6. The van der Waals surface area contributed by atoms with Crippen molar-refractivity contribution in [1.29, 1.82) is 0 Å². The number of H-pyrrole nitrogens is 1. The van der Waals surface area contributed by atoms with Gasteiger partial charge in [-0.05, 0) is 255 Å². The first-order valence-corrected chi connectivity index (χ1v) is 50.3.